The first-order valence-electron chi connectivity index (χ1n) is 8.75. The second-order valence-electron chi connectivity index (χ2n) is 5.98. The molecule has 7 nitrogen and oxygen atoms in total. The molecular formula is C21H20FN5O2. The second kappa shape index (κ2) is 9.45. The second-order valence-corrected chi connectivity index (χ2v) is 5.98. The minimum absolute atomic E-state index is 0.151. The van der Waals surface area contributed by atoms with Gasteiger partial charge in [-0.2, -0.15) is 5.53 Å². The Balaban J connectivity index is 2.11. The van der Waals surface area contributed by atoms with Crippen molar-refractivity contribution < 1.29 is 13.9 Å². The molecule has 0 radical (unpaired) electrons. The van der Waals surface area contributed by atoms with Gasteiger partial charge in [-0.1, -0.05) is 54.6 Å². The summed E-state index contributed by atoms with van der Waals surface area (Å²) in [5.74, 6) is 5.18. The fourth-order valence-electron chi connectivity index (χ4n) is 2.78. The highest BCUT2D eigenvalue weighted by Crippen LogP contribution is 2.33. The molecule has 0 bridgehead atoms. The van der Waals surface area contributed by atoms with Gasteiger partial charge in [-0.25, -0.2) is 9.38 Å². The number of aliphatic imine (C=N–C) groups is 1. The van der Waals surface area contributed by atoms with Crippen molar-refractivity contribution in [2.75, 3.05) is 6.61 Å². The fourth-order valence-corrected chi connectivity index (χ4v) is 2.78. The van der Waals surface area contributed by atoms with Crippen LogP contribution in [0.5, 0.6) is 5.75 Å². The molecule has 0 aliphatic rings. The minimum atomic E-state index is -0.580. The molecule has 0 atom stereocenters. The number of primary amides is 1. The number of benzene rings is 3. The first-order valence-corrected chi connectivity index (χ1v) is 8.75. The van der Waals surface area contributed by atoms with Gasteiger partial charge in [-0.05, 0) is 23.8 Å². The lowest BCUT2D eigenvalue weighted by Crippen LogP contribution is -2.42. The minimum Gasteiger partial charge on any atom is -0.483 e. The van der Waals surface area contributed by atoms with Gasteiger partial charge >= 0.3 is 0 Å². The number of hydrogen-bond acceptors (Lipinski definition) is 5. The summed E-state index contributed by atoms with van der Waals surface area (Å²) in [6, 6.07) is 20.7. The van der Waals surface area contributed by atoms with Crippen molar-refractivity contribution in [3.63, 3.8) is 0 Å². The molecule has 0 aliphatic heterocycles. The van der Waals surface area contributed by atoms with Crippen LogP contribution in [-0.2, 0) is 4.79 Å². The van der Waals surface area contributed by atoms with Gasteiger partial charge in [-0.15, -0.1) is 0 Å². The number of amidine groups is 1. The lowest BCUT2D eigenvalue weighted by molar-refractivity contribution is -0.119. The molecule has 0 fully saturated rings. The average Bonchev–Trinajstić information content (AvgIpc) is 2.73. The number of rotatable bonds is 7. The van der Waals surface area contributed by atoms with E-state index in [-0.39, 0.29) is 12.3 Å². The van der Waals surface area contributed by atoms with E-state index >= 15 is 0 Å². The topological polar surface area (TPSA) is 115 Å². The van der Waals surface area contributed by atoms with E-state index in [1.54, 1.807) is 30.3 Å². The van der Waals surface area contributed by atoms with Crippen LogP contribution in [0, 0.1) is 5.82 Å². The zero-order valence-corrected chi connectivity index (χ0v) is 15.4. The van der Waals surface area contributed by atoms with Gasteiger partial charge in [0.15, 0.2) is 6.61 Å². The van der Waals surface area contributed by atoms with E-state index in [4.69, 9.17) is 16.3 Å². The first kappa shape index (κ1) is 20.0. The number of hydrogen-bond donors (Lipinski definition) is 4. The number of amides is 1. The number of carbonyl (C=O) groups is 1. The summed E-state index contributed by atoms with van der Waals surface area (Å²) in [5.41, 5.74) is 12.5. The standard InChI is InChI=1S/C21H20FN5O2/c22-17-10-4-5-11-18(17)25-21(26-27-24)16-9-2-1-7-14(16)15-8-3-6-12-19(15)29-13-20(23)28/h1-12,27H,13,24H2,(H2,23,28)(H,25,26). The molecule has 0 spiro atoms. The van der Waals surface area contributed by atoms with Gasteiger partial charge in [-0.3, -0.25) is 16.1 Å². The smallest absolute Gasteiger partial charge is 0.255 e. The predicted molar refractivity (Wildman–Crippen MR) is 110 cm³/mol. The molecule has 0 aliphatic carbocycles. The van der Waals surface area contributed by atoms with E-state index in [2.05, 4.69) is 16.0 Å². The van der Waals surface area contributed by atoms with Crippen LogP contribution in [-0.4, -0.2) is 18.3 Å². The van der Waals surface area contributed by atoms with Crippen LogP contribution in [0.15, 0.2) is 77.8 Å². The van der Waals surface area contributed by atoms with Crippen molar-refractivity contribution in [2.45, 2.75) is 0 Å². The number of carbonyl (C=O) groups excluding carboxylic acids is 1. The Bertz CT molecular complexity index is 1040. The highest BCUT2D eigenvalue weighted by molar-refractivity contribution is 6.05. The Hall–Kier alpha value is -3.75. The average molecular weight is 393 g/mol. The summed E-state index contributed by atoms with van der Waals surface area (Å²) in [7, 11) is 0. The van der Waals surface area contributed by atoms with Crippen LogP contribution in [0.3, 0.4) is 0 Å². The SMILES string of the molecule is NNNC(=Nc1ccccc1F)c1ccccc1-c1ccccc1OCC(N)=O. The molecule has 1 amide bonds. The molecule has 29 heavy (non-hydrogen) atoms. The summed E-state index contributed by atoms with van der Waals surface area (Å²) in [6.07, 6.45) is 0. The van der Waals surface area contributed by atoms with Gasteiger partial charge in [0.05, 0.1) is 0 Å². The lowest BCUT2D eigenvalue weighted by Gasteiger charge is -2.16. The Labute approximate surface area is 167 Å². The Morgan fingerprint density at radius 1 is 0.966 bits per heavy atom. The summed E-state index contributed by atoms with van der Waals surface area (Å²) >= 11 is 0. The normalized spacial score (nSPS) is 11.2. The van der Waals surface area contributed by atoms with Gasteiger partial charge in [0.25, 0.3) is 5.91 Å². The van der Waals surface area contributed by atoms with Crippen molar-refractivity contribution in [1.82, 2.24) is 11.0 Å². The summed E-state index contributed by atoms with van der Waals surface area (Å²) in [6.45, 7) is -0.252. The highest BCUT2D eigenvalue weighted by atomic mass is 19.1. The summed E-state index contributed by atoms with van der Waals surface area (Å²) < 4.78 is 19.7. The third kappa shape index (κ3) is 4.95. The molecule has 8 heteroatoms. The van der Waals surface area contributed by atoms with Gasteiger partial charge < -0.3 is 10.5 Å². The Morgan fingerprint density at radius 3 is 2.34 bits per heavy atom. The molecule has 0 saturated carbocycles. The molecule has 0 heterocycles. The third-order valence-corrected chi connectivity index (χ3v) is 4.00. The number of nitrogens with two attached hydrogens (primary N) is 2. The number of ether oxygens (including phenoxy) is 1. The predicted octanol–water partition coefficient (Wildman–Crippen LogP) is 2.40. The van der Waals surface area contributed by atoms with Crippen LogP contribution < -0.4 is 27.3 Å². The highest BCUT2D eigenvalue weighted by Gasteiger charge is 2.15. The van der Waals surface area contributed by atoms with Crippen molar-refractivity contribution in [1.29, 1.82) is 0 Å². The van der Waals surface area contributed by atoms with Crippen LogP contribution >= 0.6 is 0 Å². The summed E-state index contributed by atoms with van der Waals surface area (Å²) in [4.78, 5) is 15.5. The van der Waals surface area contributed by atoms with Crippen molar-refractivity contribution in [3.05, 3.63) is 84.2 Å². The van der Waals surface area contributed by atoms with E-state index in [9.17, 15) is 9.18 Å². The Kier molecular flexibility index (Phi) is 6.51. The van der Waals surface area contributed by atoms with E-state index < -0.39 is 11.7 Å². The van der Waals surface area contributed by atoms with Gasteiger partial charge in [0.1, 0.15) is 23.1 Å². The van der Waals surface area contributed by atoms with Crippen LogP contribution in [0.25, 0.3) is 11.1 Å². The van der Waals surface area contributed by atoms with Crippen molar-refractivity contribution in [3.8, 4) is 16.9 Å². The zero-order chi connectivity index (χ0) is 20.6. The molecule has 0 aromatic heterocycles. The summed E-state index contributed by atoms with van der Waals surface area (Å²) in [5, 5.41) is 0. The van der Waals surface area contributed by atoms with Gasteiger partial charge in [0.2, 0.25) is 0 Å². The van der Waals surface area contributed by atoms with E-state index in [1.807, 2.05) is 36.4 Å². The molecular weight excluding hydrogens is 373 g/mol. The van der Waals surface area contributed by atoms with E-state index in [1.165, 1.54) is 6.07 Å². The third-order valence-electron chi connectivity index (χ3n) is 4.00. The maximum Gasteiger partial charge on any atom is 0.255 e. The molecule has 3 rings (SSSR count). The quantitative estimate of drug-likeness (QED) is 0.213. The van der Waals surface area contributed by atoms with E-state index in [0.29, 0.717) is 22.7 Å². The molecule has 0 saturated heterocycles. The number of nitrogens with one attached hydrogen (secondary N) is 2. The first-order chi connectivity index (χ1) is 14.1. The fraction of sp³-hybridized carbons (Fsp3) is 0.0476. The maximum absolute atomic E-state index is 14.1. The maximum atomic E-state index is 14.1. The molecule has 6 N–H and O–H groups in total. The molecule has 3 aromatic carbocycles. The monoisotopic (exact) mass is 393 g/mol. The Morgan fingerprint density at radius 2 is 1.62 bits per heavy atom. The molecule has 148 valence electrons. The number of nitrogens with zero attached hydrogens (tertiary/aromatic N) is 1. The number of halogens is 1. The molecule has 0 unspecified atom stereocenters. The van der Waals surface area contributed by atoms with Crippen LogP contribution in [0.4, 0.5) is 10.1 Å². The van der Waals surface area contributed by atoms with E-state index in [0.717, 1.165) is 5.56 Å². The van der Waals surface area contributed by atoms with Crippen LogP contribution in [0.2, 0.25) is 0 Å². The van der Waals surface area contributed by atoms with Crippen molar-refractivity contribution >= 4 is 17.4 Å². The van der Waals surface area contributed by atoms with Gasteiger partial charge in [0, 0.05) is 11.1 Å². The number of para-hydroxylation sites is 2. The van der Waals surface area contributed by atoms with Crippen LogP contribution in [0.1, 0.15) is 5.56 Å². The number of hydrazine groups is 2. The largest absolute Gasteiger partial charge is 0.483 e. The molecule has 3 aromatic rings. The van der Waals surface area contributed by atoms with Crippen molar-refractivity contribution in [2.24, 2.45) is 16.6 Å². The lowest BCUT2D eigenvalue weighted by atomic mass is 9.98. The zero-order valence-electron chi connectivity index (χ0n) is 15.4.